The molecule has 1 aromatic carbocycles. The maximum atomic E-state index is 12.7. The van der Waals surface area contributed by atoms with Gasteiger partial charge in [-0.15, -0.1) is 0 Å². The summed E-state index contributed by atoms with van der Waals surface area (Å²) in [6.07, 6.45) is 9.60. The van der Waals surface area contributed by atoms with Crippen molar-refractivity contribution in [3.05, 3.63) is 36.0 Å². The number of carbonyl (C=O) groups excluding carboxylic acids is 2. The van der Waals surface area contributed by atoms with Crippen LogP contribution in [0.15, 0.2) is 30.5 Å². The monoisotopic (exact) mass is 381 g/mol. The van der Waals surface area contributed by atoms with Gasteiger partial charge in [0.25, 0.3) is 0 Å². The summed E-state index contributed by atoms with van der Waals surface area (Å²) in [5.41, 5.74) is 2.44. The highest BCUT2D eigenvalue weighted by Gasteiger charge is 2.30. The van der Waals surface area contributed by atoms with E-state index in [1.807, 2.05) is 15.9 Å². The summed E-state index contributed by atoms with van der Waals surface area (Å²) in [6, 6.07) is 8.30. The maximum absolute atomic E-state index is 12.7. The molecule has 0 atom stereocenters. The molecule has 0 saturated carbocycles. The zero-order valence-electron chi connectivity index (χ0n) is 16.7. The number of hydrogen-bond donors (Lipinski definition) is 1. The fraction of sp³-hybridized carbons (Fsp3) is 0.565. The van der Waals surface area contributed by atoms with Gasteiger partial charge in [-0.05, 0) is 56.6 Å². The first-order valence-corrected chi connectivity index (χ1v) is 10.8. The first kappa shape index (κ1) is 19.0. The Morgan fingerprint density at radius 1 is 0.964 bits per heavy atom. The molecule has 2 fully saturated rings. The zero-order chi connectivity index (χ0) is 19.3. The molecular weight excluding hydrogens is 350 g/mol. The van der Waals surface area contributed by atoms with Gasteiger partial charge in [-0.25, -0.2) is 0 Å². The quantitative estimate of drug-likeness (QED) is 0.858. The van der Waals surface area contributed by atoms with Crippen LogP contribution in [-0.2, 0) is 16.0 Å². The number of para-hydroxylation sites is 1. The van der Waals surface area contributed by atoms with Gasteiger partial charge in [-0.3, -0.25) is 9.59 Å². The predicted octanol–water partition coefficient (Wildman–Crippen LogP) is 3.74. The molecule has 2 aliphatic rings. The van der Waals surface area contributed by atoms with Gasteiger partial charge >= 0.3 is 0 Å². The number of piperidine rings is 2. The molecule has 150 valence electrons. The summed E-state index contributed by atoms with van der Waals surface area (Å²) in [5, 5.41) is 1.26. The van der Waals surface area contributed by atoms with Crippen LogP contribution in [0.1, 0.15) is 50.5 Å². The number of aromatic amines is 1. The standard InChI is InChI=1S/C23H31N3O2/c27-22(10-6-7-19-17-24-21-9-3-2-8-20(19)21)25-15-11-18(12-16-25)23(28)26-13-4-1-5-14-26/h2-3,8-9,17-18,24H,1,4-7,10-16H2. The Labute approximate surface area is 167 Å². The lowest BCUT2D eigenvalue weighted by Crippen LogP contribution is -2.45. The van der Waals surface area contributed by atoms with Gasteiger partial charge in [0.2, 0.25) is 11.8 Å². The van der Waals surface area contributed by atoms with Crippen molar-refractivity contribution in [1.82, 2.24) is 14.8 Å². The van der Waals surface area contributed by atoms with Crippen LogP contribution in [0.3, 0.4) is 0 Å². The van der Waals surface area contributed by atoms with E-state index in [1.54, 1.807) is 0 Å². The smallest absolute Gasteiger partial charge is 0.225 e. The SMILES string of the molecule is O=C(CCCc1c[nH]c2ccccc12)N1CCC(C(=O)N2CCCCC2)CC1. The minimum absolute atomic E-state index is 0.119. The Bertz CT molecular complexity index is 814. The number of carbonyl (C=O) groups is 2. The fourth-order valence-corrected chi connectivity index (χ4v) is 4.67. The van der Waals surface area contributed by atoms with Crippen LogP contribution < -0.4 is 0 Å². The Morgan fingerprint density at radius 2 is 1.71 bits per heavy atom. The van der Waals surface area contributed by atoms with E-state index in [0.29, 0.717) is 12.3 Å². The summed E-state index contributed by atoms with van der Waals surface area (Å²) in [5.74, 6) is 0.684. The highest BCUT2D eigenvalue weighted by Crippen LogP contribution is 2.23. The summed E-state index contributed by atoms with van der Waals surface area (Å²) in [6.45, 7) is 3.31. The van der Waals surface area contributed by atoms with Gasteiger partial charge in [0.05, 0.1) is 0 Å². The van der Waals surface area contributed by atoms with E-state index in [-0.39, 0.29) is 11.8 Å². The van der Waals surface area contributed by atoms with E-state index < -0.39 is 0 Å². The molecule has 5 nitrogen and oxygen atoms in total. The van der Waals surface area contributed by atoms with Crippen LogP contribution in [0.5, 0.6) is 0 Å². The summed E-state index contributed by atoms with van der Waals surface area (Å²) >= 11 is 0. The molecule has 2 saturated heterocycles. The summed E-state index contributed by atoms with van der Waals surface area (Å²) in [4.78, 5) is 32.6. The Kier molecular flexibility index (Phi) is 5.98. The molecule has 2 amide bonds. The molecule has 2 aromatic rings. The molecule has 5 heteroatoms. The molecule has 1 N–H and O–H groups in total. The molecule has 0 unspecified atom stereocenters. The number of H-pyrrole nitrogens is 1. The lowest BCUT2D eigenvalue weighted by atomic mass is 9.94. The van der Waals surface area contributed by atoms with Crippen molar-refractivity contribution in [3.63, 3.8) is 0 Å². The lowest BCUT2D eigenvalue weighted by Gasteiger charge is -2.35. The van der Waals surface area contributed by atoms with Crippen molar-refractivity contribution in [3.8, 4) is 0 Å². The van der Waals surface area contributed by atoms with E-state index in [2.05, 4.69) is 29.4 Å². The topological polar surface area (TPSA) is 56.4 Å². The second-order valence-electron chi connectivity index (χ2n) is 8.25. The van der Waals surface area contributed by atoms with Crippen LogP contribution in [0, 0.1) is 5.92 Å². The molecule has 28 heavy (non-hydrogen) atoms. The zero-order valence-corrected chi connectivity index (χ0v) is 16.7. The highest BCUT2D eigenvalue weighted by molar-refractivity contribution is 5.83. The average Bonchev–Trinajstić information content (AvgIpc) is 3.17. The normalized spacial score (nSPS) is 18.6. The largest absolute Gasteiger partial charge is 0.361 e. The van der Waals surface area contributed by atoms with E-state index >= 15 is 0 Å². The van der Waals surface area contributed by atoms with Gasteiger partial charge < -0.3 is 14.8 Å². The summed E-state index contributed by atoms with van der Waals surface area (Å²) < 4.78 is 0. The van der Waals surface area contributed by atoms with Gasteiger partial charge in [0.1, 0.15) is 0 Å². The fourth-order valence-electron chi connectivity index (χ4n) is 4.67. The highest BCUT2D eigenvalue weighted by atomic mass is 16.2. The summed E-state index contributed by atoms with van der Waals surface area (Å²) in [7, 11) is 0. The van der Waals surface area contributed by atoms with Crippen LogP contribution >= 0.6 is 0 Å². The minimum atomic E-state index is 0.119. The van der Waals surface area contributed by atoms with E-state index in [1.165, 1.54) is 17.4 Å². The predicted molar refractivity (Wildman–Crippen MR) is 111 cm³/mol. The average molecular weight is 382 g/mol. The van der Waals surface area contributed by atoms with E-state index in [4.69, 9.17) is 0 Å². The van der Waals surface area contributed by atoms with Crippen LogP contribution in [0.25, 0.3) is 10.9 Å². The molecular formula is C23H31N3O2. The number of amides is 2. The minimum Gasteiger partial charge on any atom is -0.361 e. The van der Waals surface area contributed by atoms with E-state index in [0.717, 1.165) is 70.2 Å². The van der Waals surface area contributed by atoms with Crippen molar-refractivity contribution < 1.29 is 9.59 Å². The van der Waals surface area contributed by atoms with Crippen LogP contribution in [0.4, 0.5) is 0 Å². The number of likely N-dealkylation sites (tertiary alicyclic amines) is 2. The van der Waals surface area contributed by atoms with Gasteiger partial charge in [-0.2, -0.15) is 0 Å². The number of fused-ring (bicyclic) bond motifs is 1. The maximum Gasteiger partial charge on any atom is 0.225 e. The van der Waals surface area contributed by atoms with Crippen molar-refractivity contribution in [2.75, 3.05) is 26.2 Å². The van der Waals surface area contributed by atoms with Crippen molar-refractivity contribution >= 4 is 22.7 Å². The second kappa shape index (κ2) is 8.80. The Hall–Kier alpha value is -2.30. The van der Waals surface area contributed by atoms with Gasteiger partial charge in [0, 0.05) is 55.6 Å². The molecule has 0 bridgehead atoms. The molecule has 2 aliphatic heterocycles. The van der Waals surface area contributed by atoms with Crippen molar-refractivity contribution in [2.45, 2.75) is 51.4 Å². The number of benzene rings is 1. The first-order chi connectivity index (χ1) is 13.7. The van der Waals surface area contributed by atoms with Crippen LogP contribution in [0.2, 0.25) is 0 Å². The Balaban J connectivity index is 1.21. The molecule has 0 aliphatic carbocycles. The van der Waals surface area contributed by atoms with Crippen LogP contribution in [-0.4, -0.2) is 52.8 Å². The number of hydrogen-bond acceptors (Lipinski definition) is 2. The van der Waals surface area contributed by atoms with Crippen molar-refractivity contribution in [1.29, 1.82) is 0 Å². The third kappa shape index (κ3) is 4.23. The first-order valence-electron chi connectivity index (χ1n) is 10.8. The van der Waals surface area contributed by atoms with E-state index in [9.17, 15) is 9.59 Å². The molecule has 3 heterocycles. The number of aryl methyl sites for hydroxylation is 1. The molecule has 4 rings (SSSR count). The second-order valence-corrected chi connectivity index (χ2v) is 8.25. The van der Waals surface area contributed by atoms with Crippen molar-refractivity contribution in [2.24, 2.45) is 5.92 Å². The molecule has 0 radical (unpaired) electrons. The van der Waals surface area contributed by atoms with Gasteiger partial charge in [-0.1, -0.05) is 18.2 Å². The third-order valence-electron chi connectivity index (χ3n) is 6.38. The Morgan fingerprint density at radius 3 is 2.50 bits per heavy atom. The molecule has 0 spiro atoms. The lowest BCUT2D eigenvalue weighted by molar-refractivity contribution is -0.141. The number of nitrogens with one attached hydrogen (secondary N) is 1. The number of aromatic nitrogens is 1. The third-order valence-corrected chi connectivity index (χ3v) is 6.38. The van der Waals surface area contributed by atoms with Gasteiger partial charge in [0.15, 0.2) is 0 Å². The molecule has 1 aromatic heterocycles. The number of nitrogens with zero attached hydrogens (tertiary/aromatic N) is 2. The number of rotatable bonds is 5.